The van der Waals surface area contributed by atoms with Gasteiger partial charge in [0, 0.05) is 50.6 Å². The SMILES string of the molecule is COc1ccccc1/C=C/CN1CCNC(=O)C1CC(=O)NCc1cnn(C)c1. The summed E-state index contributed by atoms with van der Waals surface area (Å²) in [6, 6.07) is 7.27. The summed E-state index contributed by atoms with van der Waals surface area (Å²) in [4.78, 5) is 26.8. The summed E-state index contributed by atoms with van der Waals surface area (Å²) in [5.74, 6) is 0.527. The maximum atomic E-state index is 12.4. The number of ether oxygens (including phenoxy) is 1. The van der Waals surface area contributed by atoms with E-state index in [1.165, 1.54) is 0 Å². The quantitative estimate of drug-likeness (QED) is 0.692. The zero-order chi connectivity index (χ0) is 20.6. The van der Waals surface area contributed by atoms with Gasteiger partial charge in [-0.2, -0.15) is 5.10 Å². The summed E-state index contributed by atoms with van der Waals surface area (Å²) in [6.45, 7) is 2.25. The van der Waals surface area contributed by atoms with Gasteiger partial charge in [0.25, 0.3) is 0 Å². The number of hydrogen-bond acceptors (Lipinski definition) is 5. The van der Waals surface area contributed by atoms with Gasteiger partial charge in [-0.05, 0) is 6.07 Å². The Hall–Kier alpha value is -3.13. The Morgan fingerprint density at radius 1 is 1.41 bits per heavy atom. The second-order valence-corrected chi connectivity index (χ2v) is 6.95. The number of aryl methyl sites for hydroxylation is 1. The van der Waals surface area contributed by atoms with Crippen LogP contribution in [0.5, 0.6) is 5.75 Å². The molecule has 3 rings (SSSR count). The lowest BCUT2D eigenvalue weighted by Crippen LogP contribution is -2.56. The summed E-state index contributed by atoms with van der Waals surface area (Å²) < 4.78 is 7.04. The highest BCUT2D eigenvalue weighted by Gasteiger charge is 2.30. The third-order valence-electron chi connectivity index (χ3n) is 4.84. The molecule has 0 saturated carbocycles. The molecule has 2 amide bonds. The number of nitrogens with one attached hydrogen (secondary N) is 2. The fourth-order valence-corrected chi connectivity index (χ4v) is 3.33. The molecular formula is C21H27N5O3. The molecular weight excluding hydrogens is 370 g/mol. The topological polar surface area (TPSA) is 88.5 Å². The molecule has 8 nitrogen and oxygen atoms in total. The van der Waals surface area contributed by atoms with E-state index in [9.17, 15) is 9.59 Å². The number of rotatable bonds is 8. The minimum Gasteiger partial charge on any atom is -0.496 e. The van der Waals surface area contributed by atoms with Gasteiger partial charge in [0.1, 0.15) is 5.75 Å². The summed E-state index contributed by atoms with van der Waals surface area (Å²) in [5.41, 5.74) is 1.90. The van der Waals surface area contributed by atoms with Crippen LogP contribution in [0, 0.1) is 0 Å². The Morgan fingerprint density at radius 3 is 3.00 bits per heavy atom. The molecule has 0 bridgehead atoms. The Balaban J connectivity index is 1.57. The van der Waals surface area contributed by atoms with Crippen molar-refractivity contribution in [3.05, 3.63) is 53.9 Å². The monoisotopic (exact) mass is 397 g/mol. The summed E-state index contributed by atoms with van der Waals surface area (Å²) >= 11 is 0. The Bertz CT molecular complexity index is 877. The molecule has 1 aliphatic rings. The third-order valence-corrected chi connectivity index (χ3v) is 4.84. The highest BCUT2D eigenvalue weighted by Crippen LogP contribution is 2.19. The normalized spacial score (nSPS) is 17.3. The molecule has 29 heavy (non-hydrogen) atoms. The zero-order valence-corrected chi connectivity index (χ0v) is 16.8. The maximum absolute atomic E-state index is 12.4. The molecule has 154 valence electrons. The second kappa shape index (κ2) is 9.88. The Morgan fingerprint density at radius 2 is 2.24 bits per heavy atom. The molecule has 0 aliphatic carbocycles. The van der Waals surface area contributed by atoms with Gasteiger partial charge in [0.05, 0.1) is 25.8 Å². The standard InChI is InChI=1S/C21H27N5O3/c1-25-15-16(14-24-25)13-23-20(27)12-18-21(28)22-9-11-26(18)10-5-7-17-6-3-4-8-19(17)29-2/h3-8,14-15,18H,9-13H2,1-2H3,(H,22,28)(H,23,27)/b7-5+. The van der Waals surface area contributed by atoms with Crippen molar-refractivity contribution in [3.8, 4) is 5.75 Å². The number of methoxy groups -OCH3 is 1. The second-order valence-electron chi connectivity index (χ2n) is 6.95. The van der Waals surface area contributed by atoms with Crippen molar-refractivity contribution in [2.75, 3.05) is 26.7 Å². The van der Waals surface area contributed by atoms with E-state index in [1.54, 1.807) is 18.0 Å². The van der Waals surface area contributed by atoms with Crippen LogP contribution >= 0.6 is 0 Å². The Labute approximate surface area is 170 Å². The predicted octanol–water partition coefficient (Wildman–Crippen LogP) is 0.949. The predicted molar refractivity (Wildman–Crippen MR) is 110 cm³/mol. The number of nitrogens with zero attached hydrogens (tertiary/aromatic N) is 3. The fourth-order valence-electron chi connectivity index (χ4n) is 3.33. The first-order valence-electron chi connectivity index (χ1n) is 9.62. The van der Waals surface area contributed by atoms with Crippen LogP contribution in [0.25, 0.3) is 6.08 Å². The van der Waals surface area contributed by atoms with Crippen LogP contribution < -0.4 is 15.4 Å². The maximum Gasteiger partial charge on any atom is 0.237 e. The van der Waals surface area contributed by atoms with Gasteiger partial charge in [-0.25, -0.2) is 0 Å². The highest BCUT2D eigenvalue weighted by molar-refractivity contribution is 5.88. The molecule has 2 aromatic rings. The Kier molecular flexibility index (Phi) is 7.02. The molecule has 1 atom stereocenters. The van der Waals surface area contributed by atoms with Crippen molar-refractivity contribution < 1.29 is 14.3 Å². The molecule has 2 N–H and O–H groups in total. The lowest BCUT2D eigenvalue weighted by molar-refractivity contribution is -0.133. The minimum absolute atomic E-state index is 0.113. The van der Waals surface area contributed by atoms with Crippen LogP contribution in [0.3, 0.4) is 0 Å². The van der Waals surface area contributed by atoms with Crippen molar-refractivity contribution in [1.82, 2.24) is 25.3 Å². The molecule has 8 heteroatoms. The summed E-state index contributed by atoms with van der Waals surface area (Å²) in [6.07, 6.45) is 7.65. The van der Waals surface area contributed by atoms with Gasteiger partial charge in [-0.15, -0.1) is 0 Å². The average Bonchev–Trinajstić information content (AvgIpc) is 3.14. The molecule has 1 aromatic heterocycles. The molecule has 0 spiro atoms. The number of carbonyl (C=O) groups excluding carboxylic acids is 2. The van der Waals surface area contributed by atoms with E-state index in [2.05, 4.69) is 15.7 Å². The number of amides is 2. The number of piperazine rings is 1. The van der Waals surface area contributed by atoms with E-state index < -0.39 is 6.04 Å². The van der Waals surface area contributed by atoms with E-state index in [1.807, 2.05) is 54.6 Å². The zero-order valence-electron chi connectivity index (χ0n) is 16.8. The smallest absolute Gasteiger partial charge is 0.237 e. The lowest BCUT2D eigenvalue weighted by atomic mass is 10.1. The minimum atomic E-state index is -0.486. The number of aromatic nitrogens is 2. The van der Waals surface area contributed by atoms with Gasteiger partial charge in [0.15, 0.2) is 0 Å². The van der Waals surface area contributed by atoms with Crippen molar-refractivity contribution >= 4 is 17.9 Å². The summed E-state index contributed by atoms with van der Waals surface area (Å²) in [7, 11) is 3.47. The molecule has 2 heterocycles. The number of carbonyl (C=O) groups is 2. The van der Waals surface area contributed by atoms with Crippen LogP contribution in [0.4, 0.5) is 0 Å². The van der Waals surface area contributed by atoms with Crippen molar-refractivity contribution in [2.24, 2.45) is 7.05 Å². The largest absolute Gasteiger partial charge is 0.496 e. The van der Waals surface area contributed by atoms with Gasteiger partial charge >= 0.3 is 0 Å². The van der Waals surface area contributed by atoms with Gasteiger partial charge < -0.3 is 15.4 Å². The van der Waals surface area contributed by atoms with Gasteiger partial charge in [-0.3, -0.25) is 19.2 Å². The van der Waals surface area contributed by atoms with Crippen LogP contribution in [-0.4, -0.2) is 59.3 Å². The number of hydrogen-bond donors (Lipinski definition) is 2. The summed E-state index contributed by atoms with van der Waals surface area (Å²) in [5, 5.41) is 9.80. The van der Waals surface area contributed by atoms with E-state index in [-0.39, 0.29) is 18.2 Å². The van der Waals surface area contributed by atoms with Crippen LogP contribution in [0.15, 0.2) is 42.7 Å². The van der Waals surface area contributed by atoms with Crippen molar-refractivity contribution in [2.45, 2.75) is 19.0 Å². The first kappa shape index (κ1) is 20.6. The number of para-hydroxylation sites is 1. The molecule has 1 aromatic carbocycles. The molecule has 1 aliphatic heterocycles. The van der Waals surface area contributed by atoms with Crippen molar-refractivity contribution in [1.29, 1.82) is 0 Å². The number of benzene rings is 1. The first-order chi connectivity index (χ1) is 14.1. The van der Waals surface area contributed by atoms with Crippen LogP contribution in [-0.2, 0) is 23.2 Å². The van der Waals surface area contributed by atoms with E-state index >= 15 is 0 Å². The lowest BCUT2D eigenvalue weighted by Gasteiger charge is -2.33. The fraction of sp³-hybridized carbons (Fsp3) is 0.381. The van der Waals surface area contributed by atoms with Crippen LogP contribution in [0.1, 0.15) is 17.5 Å². The van der Waals surface area contributed by atoms with Crippen molar-refractivity contribution in [3.63, 3.8) is 0 Å². The molecule has 0 radical (unpaired) electrons. The van der Waals surface area contributed by atoms with Gasteiger partial charge in [-0.1, -0.05) is 30.4 Å². The van der Waals surface area contributed by atoms with E-state index in [0.717, 1.165) is 16.9 Å². The van der Waals surface area contributed by atoms with Gasteiger partial charge in [0.2, 0.25) is 11.8 Å². The first-order valence-corrected chi connectivity index (χ1v) is 9.62. The third kappa shape index (κ3) is 5.68. The molecule has 1 fully saturated rings. The van der Waals surface area contributed by atoms with E-state index in [0.29, 0.717) is 26.2 Å². The van der Waals surface area contributed by atoms with Crippen LogP contribution in [0.2, 0.25) is 0 Å². The molecule has 1 saturated heterocycles. The highest BCUT2D eigenvalue weighted by atomic mass is 16.5. The average molecular weight is 397 g/mol. The van der Waals surface area contributed by atoms with E-state index in [4.69, 9.17) is 4.74 Å². The molecule has 1 unspecified atom stereocenters.